The molecule has 1 amide bonds. The number of halogens is 1. The molecule has 0 spiro atoms. The van der Waals surface area contributed by atoms with Crippen molar-refractivity contribution in [3.8, 4) is 11.5 Å². The van der Waals surface area contributed by atoms with Gasteiger partial charge in [0.1, 0.15) is 11.5 Å². The minimum Gasteiger partial charge on any atom is -0.496 e. The Morgan fingerprint density at radius 1 is 1.07 bits per heavy atom. The van der Waals surface area contributed by atoms with Gasteiger partial charge in [0.25, 0.3) is 5.91 Å². The molecule has 1 fully saturated rings. The van der Waals surface area contributed by atoms with Crippen LogP contribution in [0.4, 0.5) is 0 Å². The van der Waals surface area contributed by atoms with Crippen LogP contribution in [0.5, 0.6) is 11.5 Å². The van der Waals surface area contributed by atoms with E-state index in [2.05, 4.69) is 4.90 Å². The predicted molar refractivity (Wildman–Crippen MR) is 107 cm³/mol. The largest absolute Gasteiger partial charge is 0.496 e. The zero-order chi connectivity index (χ0) is 19.2. The number of rotatable bonds is 6. The maximum Gasteiger partial charge on any atom is 0.260 e. The maximum atomic E-state index is 12.4. The molecule has 0 aliphatic carbocycles. The Balaban J connectivity index is 1.47. The van der Waals surface area contributed by atoms with Crippen LogP contribution in [0.25, 0.3) is 0 Å². The molecule has 5 nitrogen and oxygen atoms in total. The number of aryl methyl sites for hydroxylation is 1. The molecule has 6 heteroatoms. The standard InChI is InChI=1S/C21H25ClN2O3/c1-16-3-6-19(7-4-16)27-15-21(25)24-11-9-23(10-12-24)14-17-13-18(22)5-8-20(17)26-2/h3-8,13H,9-12,14-15H2,1-2H3. The Hall–Kier alpha value is -2.24. The molecule has 27 heavy (non-hydrogen) atoms. The molecular formula is C21H25ClN2O3. The van der Waals surface area contributed by atoms with E-state index in [1.807, 2.05) is 54.3 Å². The minimum absolute atomic E-state index is 0.0237. The van der Waals surface area contributed by atoms with E-state index < -0.39 is 0 Å². The molecule has 0 radical (unpaired) electrons. The Kier molecular flexibility index (Phi) is 6.58. The first-order chi connectivity index (χ1) is 13.0. The summed E-state index contributed by atoms with van der Waals surface area (Å²) < 4.78 is 11.0. The van der Waals surface area contributed by atoms with Gasteiger partial charge in [-0.15, -0.1) is 0 Å². The van der Waals surface area contributed by atoms with Gasteiger partial charge in [0, 0.05) is 43.3 Å². The molecule has 1 saturated heterocycles. The van der Waals surface area contributed by atoms with Gasteiger partial charge in [-0.3, -0.25) is 9.69 Å². The Morgan fingerprint density at radius 3 is 2.44 bits per heavy atom. The molecule has 2 aromatic carbocycles. The van der Waals surface area contributed by atoms with E-state index in [1.54, 1.807) is 7.11 Å². The molecule has 0 aromatic heterocycles. The van der Waals surface area contributed by atoms with Gasteiger partial charge in [0.05, 0.1) is 7.11 Å². The molecule has 0 atom stereocenters. The first-order valence-electron chi connectivity index (χ1n) is 9.07. The van der Waals surface area contributed by atoms with E-state index >= 15 is 0 Å². The van der Waals surface area contributed by atoms with E-state index in [-0.39, 0.29) is 12.5 Å². The second-order valence-corrected chi connectivity index (χ2v) is 7.15. The first kappa shape index (κ1) is 19.5. The number of carbonyl (C=O) groups excluding carboxylic acids is 1. The molecule has 3 rings (SSSR count). The van der Waals surface area contributed by atoms with Crippen LogP contribution in [0.2, 0.25) is 5.02 Å². The summed E-state index contributed by atoms with van der Waals surface area (Å²) in [6.45, 7) is 5.86. The Bertz CT molecular complexity index is 771. The molecule has 144 valence electrons. The van der Waals surface area contributed by atoms with Crippen LogP contribution in [0, 0.1) is 6.92 Å². The molecule has 0 saturated carbocycles. The van der Waals surface area contributed by atoms with E-state index in [0.717, 1.165) is 36.7 Å². The molecule has 0 unspecified atom stereocenters. The maximum absolute atomic E-state index is 12.4. The summed E-state index contributed by atoms with van der Waals surface area (Å²) in [6.07, 6.45) is 0. The summed E-state index contributed by atoms with van der Waals surface area (Å²) in [5, 5.41) is 0.702. The van der Waals surface area contributed by atoms with Gasteiger partial charge < -0.3 is 14.4 Å². The number of piperazine rings is 1. The normalized spacial score (nSPS) is 14.9. The highest BCUT2D eigenvalue weighted by Gasteiger charge is 2.22. The number of hydrogen-bond donors (Lipinski definition) is 0. The van der Waals surface area contributed by atoms with Crippen molar-refractivity contribution in [1.82, 2.24) is 9.80 Å². The van der Waals surface area contributed by atoms with Crippen LogP contribution in [0.1, 0.15) is 11.1 Å². The average molecular weight is 389 g/mol. The van der Waals surface area contributed by atoms with Crippen LogP contribution < -0.4 is 9.47 Å². The van der Waals surface area contributed by atoms with Gasteiger partial charge in [-0.05, 0) is 37.3 Å². The summed E-state index contributed by atoms with van der Waals surface area (Å²) in [5.74, 6) is 1.58. The highest BCUT2D eigenvalue weighted by Crippen LogP contribution is 2.24. The molecule has 2 aromatic rings. The van der Waals surface area contributed by atoms with Crippen molar-refractivity contribution in [2.45, 2.75) is 13.5 Å². The fourth-order valence-electron chi connectivity index (χ4n) is 3.14. The van der Waals surface area contributed by atoms with E-state index in [4.69, 9.17) is 21.1 Å². The van der Waals surface area contributed by atoms with Gasteiger partial charge in [-0.1, -0.05) is 29.3 Å². The van der Waals surface area contributed by atoms with E-state index in [1.165, 1.54) is 5.56 Å². The molecule has 0 N–H and O–H groups in total. The van der Waals surface area contributed by atoms with Crippen LogP contribution in [-0.2, 0) is 11.3 Å². The number of hydrogen-bond acceptors (Lipinski definition) is 4. The topological polar surface area (TPSA) is 42.0 Å². The van der Waals surface area contributed by atoms with Crippen LogP contribution in [0.15, 0.2) is 42.5 Å². The number of carbonyl (C=O) groups is 1. The fraction of sp³-hybridized carbons (Fsp3) is 0.381. The number of methoxy groups -OCH3 is 1. The van der Waals surface area contributed by atoms with Gasteiger partial charge in [0.15, 0.2) is 6.61 Å². The number of ether oxygens (including phenoxy) is 2. The Morgan fingerprint density at radius 2 is 1.78 bits per heavy atom. The third-order valence-corrected chi connectivity index (χ3v) is 4.98. The van der Waals surface area contributed by atoms with Crippen molar-refractivity contribution in [1.29, 1.82) is 0 Å². The monoisotopic (exact) mass is 388 g/mol. The number of benzene rings is 2. The van der Waals surface area contributed by atoms with Gasteiger partial charge >= 0.3 is 0 Å². The second-order valence-electron chi connectivity index (χ2n) is 6.71. The average Bonchev–Trinajstić information content (AvgIpc) is 2.68. The molecule has 0 bridgehead atoms. The van der Waals surface area contributed by atoms with Crippen molar-refractivity contribution < 1.29 is 14.3 Å². The molecule has 1 heterocycles. The van der Waals surface area contributed by atoms with Crippen molar-refractivity contribution in [3.63, 3.8) is 0 Å². The zero-order valence-electron chi connectivity index (χ0n) is 15.8. The highest BCUT2D eigenvalue weighted by atomic mass is 35.5. The number of amides is 1. The zero-order valence-corrected chi connectivity index (χ0v) is 16.5. The Labute approximate surface area is 165 Å². The second kappa shape index (κ2) is 9.11. The molecule has 1 aliphatic rings. The van der Waals surface area contributed by atoms with Crippen LogP contribution in [-0.4, -0.2) is 55.6 Å². The third kappa shape index (κ3) is 5.37. The third-order valence-electron chi connectivity index (χ3n) is 4.74. The van der Waals surface area contributed by atoms with Crippen LogP contribution >= 0.6 is 11.6 Å². The SMILES string of the molecule is COc1ccc(Cl)cc1CN1CCN(C(=O)COc2ccc(C)cc2)CC1. The fourth-order valence-corrected chi connectivity index (χ4v) is 3.33. The lowest BCUT2D eigenvalue weighted by Crippen LogP contribution is -2.49. The van der Waals surface area contributed by atoms with Crippen molar-refractivity contribution in [2.24, 2.45) is 0 Å². The lowest BCUT2D eigenvalue weighted by molar-refractivity contribution is -0.135. The van der Waals surface area contributed by atoms with Crippen LogP contribution in [0.3, 0.4) is 0 Å². The van der Waals surface area contributed by atoms with E-state index in [0.29, 0.717) is 18.1 Å². The predicted octanol–water partition coefficient (Wildman–Crippen LogP) is 3.38. The number of nitrogens with zero attached hydrogens (tertiary/aromatic N) is 2. The lowest BCUT2D eigenvalue weighted by Gasteiger charge is -2.34. The minimum atomic E-state index is 0.0237. The lowest BCUT2D eigenvalue weighted by atomic mass is 10.1. The van der Waals surface area contributed by atoms with Gasteiger partial charge in [-0.2, -0.15) is 0 Å². The van der Waals surface area contributed by atoms with E-state index in [9.17, 15) is 4.79 Å². The van der Waals surface area contributed by atoms with Crippen molar-refractivity contribution >= 4 is 17.5 Å². The quantitative estimate of drug-likeness (QED) is 0.760. The summed E-state index contributed by atoms with van der Waals surface area (Å²) >= 11 is 6.11. The summed E-state index contributed by atoms with van der Waals surface area (Å²) in [6, 6.07) is 13.4. The smallest absolute Gasteiger partial charge is 0.260 e. The highest BCUT2D eigenvalue weighted by molar-refractivity contribution is 6.30. The van der Waals surface area contributed by atoms with Gasteiger partial charge in [-0.25, -0.2) is 0 Å². The van der Waals surface area contributed by atoms with Gasteiger partial charge in [0.2, 0.25) is 0 Å². The molecular weight excluding hydrogens is 364 g/mol. The van der Waals surface area contributed by atoms with Crippen molar-refractivity contribution in [3.05, 3.63) is 58.6 Å². The summed E-state index contributed by atoms with van der Waals surface area (Å²) in [4.78, 5) is 16.6. The molecule has 1 aliphatic heterocycles. The summed E-state index contributed by atoms with van der Waals surface area (Å²) in [7, 11) is 1.66. The van der Waals surface area contributed by atoms with Crippen molar-refractivity contribution in [2.75, 3.05) is 39.9 Å². The first-order valence-corrected chi connectivity index (χ1v) is 9.45. The summed E-state index contributed by atoms with van der Waals surface area (Å²) in [5.41, 5.74) is 2.23.